The second kappa shape index (κ2) is 4.16. The molecular formula is C13H24N2O2. The fourth-order valence-corrected chi connectivity index (χ4v) is 2.76. The normalized spacial score (nSPS) is 27.8. The first-order valence-electron chi connectivity index (χ1n) is 6.51. The fourth-order valence-electron chi connectivity index (χ4n) is 2.76. The molecule has 0 unspecified atom stereocenters. The molecule has 0 aliphatic carbocycles. The highest BCUT2D eigenvalue weighted by Gasteiger charge is 2.50. The van der Waals surface area contributed by atoms with Crippen molar-refractivity contribution in [3.05, 3.63) is 0 Å². The van der Waals surface area contributed by atoms with Gasteiger partial charge in [0, 0.05) is 18.5 Å². The highest BCUT2D eigenvalue weighted by molar-refractivity contribution is 5.69. The Labute approximate surface area is 104 Å². The van der Waals surface area contributed by atoms with Gasteiger partial charge in [-0.05, 0) is 46.2 Å². The summed E-state index contributed by atoms with van der Waals surface area (Å²) < 4.78 is 5.38. The van der Waals surface area contributed by atoms with Crippen LogP contribution >= 0.6 is 0 Å². The topological polar surface area (TPSA) is 41.6 Å². The minimum absolute atomic E-state index is 0.158. The maximum atomic E-state index is 11.9. The molecule has 1 amide bonds. The Kier molecular flexibility index (Phi) is 3.10. The van der Waals surface area contributed by atoms with Gasteiger partial charge in [-0.15, -0.1) is 0 Å². The van der Waals surface area contributed by atoms with Crippen molar-refractivity contribution in [2.45, 2.75) is 39.7 Å². The van der Waals surface area contributed by atoms with Gasteiger partial charge in [0.2, 0.25) is 0 Å². The van der Waals surface area contributed by atoms with Crippen LogP contribution in [0.4, 0.5) is 4.79 Å². The van der Waals surface area contributed by atoms with E-state index < -0.39 is 0 Å². The Morgan fingerprint density at radius 1 is 1.41 bits per heavy atom. The summed E-state index contributed by atoms with van der Waals surface area (Å²) in [5.74, 6) is 0.648. The van der Waals surface area contributed by atoms with Gasteiger partial charge in [0.15, 0.2) is 0 Å². The molecule has 1 spiro atoms. The smallest absolute Gasteiger partial charge is 0.410 e. The van der Waals surface area contributed by atoms with Crippen molar-refractivity contribution in [1.82, 2.24) is 10.2 Å². The second-order valence-electron chi connectivity index (χ2n) is 6.55. The van der Waals surface area contributed by atoms with E-state index in [4.69, 9.17) is 4.74 Å². The molecule has 98 valence electrons. The lowest BCUT2D eigenvalue weighted by Gasteiger charge is -2.55. The standard InChI is InChI=1S/C13H24N2O2/c1-10-7-14-6-5-13(10)8-15(9-13)11(16)17-12(2,3)4/h10,14H,5-9H2,1-4H3/t10-/m1/s1. The molecule has 17 heavy (non-hydrogen) atoms. The number of carbonyl (C=O) groups is 1. The highest BCUT2D eigenvalue weighted by atomic mass is 16.6. The Hall–Kier alpha value is -0.770. The quantitative estimate of drug-likeness (QED) is 0.702. The molecule has 1 N–H and O–H groups in total. The lowest BCUT2D eigenvalue weighted by molar-refractivity contribution is -0.0685. The largest absolute Gasteiger partial charge is 0.444 e. The molecule has 4 nitrogen and oxygen atoms in total. The summed E-state index contributed by atoms with van der Waals surface area (Å²) >= 11 is 0. The number of rotatable bonds is 0. The molecule has 0 aromatic carbocycles. The number of carbonyl (C=O) groups excluding carboxylic acids is 1. The molecular weight excluding hydrogens is 216 g/mol. The zero-order valence-electron chi connectivity index (χ0n) is 11.4. The Morgan fingerprint density at radius 2 is 2.06 bits per heavy atom. The van der Waals surface area contributed by atoms with Crippen LogP contribution in [-0.4, -0.2) is 42.8 Å². The van der Waals surface area contributed by atoms with E-state index in [0.29, 0.717) is 11.3 Å². The number of hydrogen-bond acceptors (Lipinski definition) is 3. The van der Waals surface area contributed by atoms with Crippen molar-refractivity contribution in [2.75, 3.05) is 26.2 Å². The van der Waals surface area contributed by atoms with Crippen molar-refractivity contribution >= 4 is 6.09 Å². The summed E-state index contributed by atoms with van der Waals surface area (Å²) in [7, 11) is 0. The molecule has 2 fully saturated rings. The van der Waals surface area contributed by atoms with Crippen LogP contribution in [0.25, 0.3) is 0 Å². The molecule has 0 saturated carbocycles. The van der Waals surface area contributed by atoms with E-state index in [1.54, 1.807) is 0 Å². The Bertz CT molecular complexity index is 303. The molecule has 0 aromatic heterocycles. The number of nitrogens with zero attached hydrogens (tertiary/aromatic N) is 1. The lowest BCUT2D eigenvalue weighted by atomic mass is 9.66. The average molecular weight is 240 g/mol. The van der Waals surface area contributed by atoms with E-state index in [1.165, 1.54) is 6.42 Å². The predicted octanol–water partition coefficient (Wildman–Crippen LogP) is 1.85. The molecule has 0 aromatic rings. The van der Waals surface area contributed by atoms with Crippen LogP contribution in [0.3, 0.4) is 0 Å². The molecule has 0 radical (unpaired) electrons. The van der Waals surface area contributed by atoms with Gasteiger partial charge in [-0.3, -0.25) is 0 Å². The Morgan fingerprint density at radius 3 is 2.59 bits per heavy atom. The molecule has 0 bridgehead atoms. The summed E-state index contributed by atoms with van der Waals surface area (Å²) in [5.41, 5.74) is -0.0400. The summed E-state index contributed by atoms with van der Waals surface area (Å²) in [6.07, 6.45) is 1.02. The number of piperidine rings is 1. The number of hydrogen-bond donors (Lipinski definition) is 1. The van der Waals surface area contributed by atoms with Crippen LogP contribution in [0.1, 0.15) is 34.1 Å². The van der Waals surface area contributed by atoms with Crippen LogP contribution < -0.4 is 5.32 Å². The maximum Gasteiger partial charge on any atom is 0.410 e. The summed E-state index contributed by atoms with van der Waals surface area (Å²) in [5, 5.41) is 3.41. The van der Waals surface area contributed by atoms with E-state index in [-0.39, 0.29) is 11.7 Å². The number of likely N-dealkylation sites (tertiary alicyclic amines) is 1. The van der Waals surface area contributed by atoms with E-state index in [0.717, 1.165) is 26.2 Å². The summed E-state index contributed by atoms with van der Waals surface area (Å²) in [4.78, 5) is 13.7. The van der Waals surface area contributed by atoms with Crippen LogP contribution in [0, 0.1) is 11.3 Å². The third-order valence-electron chi connectivity index (χ3n) is 3.96. The van der Waals surface area contributed by atoms with Crippen molar-refractivity contribution in [3.8, 4) is 0 Å². The maximum absolute atomic E-state index is 11.9. The van der Waals surface area contributed by atoms with Gasteiger partial charge in [-0.25, -0.2) is 4.79 Å². The van der Waals surface area contributed by atoms with Gasteiger partial charge in [-0.1, -0.05) is 6.92 Å². The van der Waals surface area contributed by atoms with Crippen molar-refractivity contribution < 1.29 is 9.53 Å². The fraction of sp³-hybridized carbons (Fsp3) is 0.923. The number of nitrogens with one attached hydrogen (secondary N) is 1. The minimum Gasteiger partial charge on any atom is -0.444 e. The van der Waals surface area contributed by atoms with Gasteiger partial charge < -0.3 is 15.0 Å². The van der Waals surface area contributed by atoms with Gasteiger partial charge in [0.1, 0.15) is 5.60 Å². The van der Waals surface area contributed by atoms with E-state index in [1.807, 2.05) is 25.7 Å². The number of amides is 1. The molecule has 4 heteroatoms. The van der Waals surface area contributed by atoms with E-state index in [2.05, 4.69) is 12.2 Å². The van der Waals surface area contributed by atoms with Gasteiger partial charge in [0.25, 0.3) is 0 Å². The molecule has 2 aliphatic heterocycles. The van der Waals surface area contributed by atoms with E-state index in [9.17, 15) is 4.79 Å². The molecule has 2 heterocycles. The monoisotopic (exact) mass is 240 g/mol. The Balaban J connectivity index is 1.87. The van der Waals surface area contributed by atoms with Crippen molar-refractivity contribution in [2.24, 2.45) is 11.3 Å². The summed E-state index contributed by atoms with van der Waals surface area (Å²) in [6.45, 7) is 11.9. The third kappa shape index (κ3) is 2.57. The van der Waals surface area contributed by atoms with Gasteiger partial charge in [0.05, 0.1) is 0 Å². The third-order valence-corrected chi connectivity index (χ3v) is 3.96. The molecule has 2 rings (SSSR count). The first kappa shape index (κ1) is 12.7. The SMILES string of the molecule is C[C@@H]1CNCCC12CN(C(=O)OC(C)(C)C)C2. The zero-order chi connectivity index (χ0) is 12.7. The van der Waals surface area contributed by atoms with Crippen molar-refractivity contribution in [1.29, 1.82) is 0 Å². The second-order valence-corrected chi connectivity index (χ2v) is 6.55. The predicted molar refractivity (Wildman–Crippen MR) is 66.9 cm³/mol. The highest BCUT2D eigenvalue weighted by Crippen LogP contribution is 2.42. The lowest BCUT2D eigenvalue weighted by Crippen LogP contribution is -2.65. The van der Waals surface area contributed by atoms with Gasteiger partial charge in [-0.2, -0.15) is 0 Å². The average Bonchev–Trinajstić information content (AvgIpc) is 2.12. The zero-order valence-corrected chi connectivity index (χ0v) is 11.4. The van der Waals surface area contributed by atoms with Crippen LogP contribution in [0.2, 0.25) is 0 Å². The first-order valence-corrected chi connectivity index (χ1v) is 6.51. The van der Waals surface area contributed by atoms with Crippen LogP contribution in [0.15, 0.2) is 0 Å². The van der Waals surface area contributed by atoms with Crippen molar-refractivity contribution in [3.63, 3.8) is 0 Å². The first-order chi connectivity index (χ1) is 7.82. The van der Waals surface area contributed by atoms with Crippen LogP contribution in [-0.2, 0) is 4.74 Å². The molecule has 1 atom stereocenters. The van der Waals surface area contributed by atoms with E-state index >= 15 is 0 Å². The minimum atomic E-state index is -0.389. The van der Waals surface area contributed by atoms with Gasteiger partial charge >= 0.3 is 6.09 Å². The molecule has 2 saturated heterocycles. The number of ether oxygens (including phenoxy) is 1. The molecule has 2 aliphatic rings. The summed E-state index contributed by atoms with van der Waals surface area (Å²) in [6, 6.07) is 0. The van der Waals surface area contributed by atoms with Crippen LogP contribution in [0.5, 0.6) is 0 Å².